The van der Waals surface area contributed by atoms with E-state index in [1.54, 1.807) is 0 Å². The Kier molecular flexibility index (Phi) is 5.19. The van der Waals surface area contributed by atoms with Gasteiger partial charge in [0.05, 0.1) is 5.38 Å². The first-order chi connectivity index (χ1) is 9.29. The largest absolute Gasteiger partial charge is 0.113 e. The minimum absolute atomic E-state index is 0.131. The molecular weight excluding hydrogens is 446 g/mol. The minimum Gasteiger partial charge on any atom is -0.113 e. The third-order valence-corrected chi connectivity index (χ3v) is 5.18. The first kappa shape index (κ1) is 16.3. The summed E-state index contributed by atoms with van der Waals surface area (Å²) in [5.74, 6) is 0. The lowest BCUT2D eigenvalue weighted by molar-refractivity contribution is 0.590. The number of halogens is 3. The van der Waals surface area contributed by atoms with Crippen molar-refractivity contribution in [1.29, 1.82) is 0 Å². The second-order valence-electron chi connectivity index (χ2n) is 5.90. The van der Waals surface area contributed by atoms with Gasteiger partial charge in [0.25, 0.3) is 0 Å². The molecule has 2 rings (SSSR count). The third-order valence-electron chi connectivity index (χ3n) is 3.30. The van der Waals surface area contributed by atoms with Crippen molar-refractivity contribution in [3.8, 4) is 0 Å². The van der Waals surface area contributed by atoms with E-state index in [0.29, 0.717) is 0 Å². The third kappa shape index (κ3) is 3.77. The van der Waals surface area contributed by atoms with Crippen molar-refractivity contribution in [2.45, 2.75) is 31.6 Å². The van der Waals surface area contributed by atoms with Crippen LogP contribution >= 0.6 is 50.1 Å². The second kappa shape index (κ2) is 6.37. The van der Waals surface area contributed by atoms with Crippen LogP contribution in [0.5, 0.6) is 0 Å². The van der Waals surface area contributed by atoms with E-state index in [2.05, 4.69) is 102 Å². The summed E-state index contributed by atoms with van der Waals surface area (Å²) in [5, 5.41) is -0.131. The van der Waals surface area contributed by atoms with Crippen LogP contribution in [0, 0.1) is 3.57 Å². The van der Waals surface area contributed by atoms with E-state index in [1.807, 2.05) is 0 Å². The summed E-state index contributed by atoms with van der Waals surface area (Å²) in [5.41, 5.74) is 3.74. The van der Waals surface area contributed by atoms with Gasteiger partial charge in [0.1, 0.15) is 0 Å². The van der Waals surface area contributed by atoms with Crippen molar-refractivity contribution in [3.63, 3.8) is 0 Å². The highest BCUT2D eigenvalue weighted by Crippen LogP contribution is 2.35. The number of hydrogen-bond donors (Lipinski definition) is 0. The fourth-order valence-corrected chi connectivity index (χ4v) is 3.49. The standard InChI is InChI=1S/C17H17BrClI/c1-17(2,3)12-6-4-11(5-7-12)16(19)14-10-13(20)8-9-15(14)18/h4-10,16H,1-3H3. The van der Waals surface area contributed by atoms with Crippen LogP contribution in [0.3, 0.4) is 0 Å². The molecule has 1 atom stereocenters. The highest BCUT2D eigenvalue weighted by Gasteiger charge is 2.17. The molecule has 106 valence electrons. The van der Waals surface area contributed by atoms with Crippen LogP contribution in [0.1, 0.15) is 42.8 Å². The van der Waals surface area contributed by atoms with Gasteiger partial charge in [-0.2, -0.15) is 0 Å². The number of alkyl halides is 1. The van der Waals surface area contributed by atoms with Crippen LogP contribution in [-0.4, -0.2) is 0 Å². The van der Waals surface area contributed by atoms with Gasteiger partial charge in [-0.15, -0.1) is 11.6 Å². The lowest BCUT2D eigenvalue weighted by atomic mass is 9.86. The highest BCUT2D eigenvalue weighted by atomic mass is 127. The Morgan fingerprint density at radius 2 is 1.65 bits per heavy atom. The monoisotopic (exact) mass is 462 g/mol. The Morgan fingerprint density at radius 3 is 2.20 bits per heavy atom. The van der Waals surface area contributed by atoms with Crippen LogP contribution in [0.4, 0.5) is 0 Å². The summed E-state index contributed by atoms with van der Waals surface area (Å²) in [7, 11) is 0. The van der Waals surface area contributed by atoms with Crippen molar-refractivity contribution in [2.75, 3.05) is 0 Å². The molecule has 20 heavy (non-hydrogen) atoms. The Labute approximate surface area is 148 Å². The van der Waals surface area contributed by atoms with Crippen LogP contribution in [-0.2, 0) is 5.41 Å². The van der Waals surface area contributed by atoms with E-state index in [0.717, 1.165) is 15.6 Å². The quantitative estimate of drug-likeness (QED) is 0.344. The lowest BCUT2D eigenvalue weighted by Crippen LogP contribution is -2.10. The molecule has 0 fully saturated rings. The zero-order valence-corrected chi connectivity index (χ0v) is 16.3. The van der Waals surface area contributed by atoms with Crippen molar-refractivity contribution in [1.82, 2.24) is 0 Å². The average Bonchev–Trinajstić information content (AvgIpc) is 2.40. The molecule has 0 nitrogen and oxygen atoms in total. The van der Waals surface area contributed by atoms with Crippen LogP contribution in [0.15, 0.2) is 46.9 Å². The van der Waals surface area contributed by atoms with E-state index in [4.69, 9.17) is 11.6 Å². The number of rotatable bonds is 2. The SMILES string of the molecule is CC(C)(C)c1ccc(C(Cl)c2cc(I)ccc2Br)cc1. The second-order valence-corrected chi connectivity index (χ2v) is 8.44. The molecular formula is C17H17BrClI. The zero-order valence-electron chi connectivity index (χ0n) is 11.8. The van der Waals surface area contributed by atoms with Gasteiger partial charge in [-0.1, -0.05) is 61.0 Å². The maximum absolute atomic E-state index is 6.64. The molecule has 3 heteroatoms. The Balaban J connectivity index is 2.34. The summed E-state index contributed by atoms with van der Waals surface area (Å²) >= 11 is 12.5. The normalized spacial score (nSPS) is 13.3. The summed E-state index contributed by atoms with van der Waals surface area (Å²) < 4.78 is 2.25. The molecule has 0 N–H and O–H groups in total. The van der Waals surface area contributed by atoms with Crippen molar-refractivity contribution in [3.05, 3.63) is 67.2 Å². The molecule has 1 unspecified atom stereocenters. The lowest BCUT2D eigenvalue weighted by Gasteiger charge is -2.20. The van der Waals surface area contributed by atoms with E-state index >= 15 is 0 Å². The molecule has 0 aliphatic heterocycles. The predicted octanol–water partition coefficient (Wildman–Crippen LogP) is 6.68. The van der Waals surface area contributed by atoms with Gasteiger partial charge in [0, 0.05) is 8.04 Å². The smallest absolute Gasteiger partial charge is 0.0846 e. The van der Waals surface area contributed by atoms with Gasteiger partial charge >= 0.3 is 0 Å². The number of hydrogen-bond acceptors (Lipinski definition) is 0. The van der Waals surface area contributed by atoms with E-state index in [9.17, 15) is 0 Å². The maximum atomic E-state index is 6.64. The summed E-state index contributed by atoms with van der Waals surface area (Å²) in [6.45, 7) is 6.66. The molecule has 0 radical (unpaired) electrons. The summed E-state index contributed by atoms with van der Waals surface area (Å²) in [4.78, 5) is 0. The highest BCUT2D eigenvalue weighted by molar-refractivity contribution is 14.1. The molecule has 2 aromatic carbocycles. The zero-order chi connectivity index (χ0) is 14.9. The topological polar surface area (TPSA) is 0 Å². The van der Waals surface area contributed by atoms with E-state index < -0.39 is 0 Å². The molecule has 0 aliphatic carbocycles. The van der Waals surface area contributed by atoms with Crippen molar-refractivity contribution >= 4 is 50.1 Å². The fraction of sp³-hybridized carbons (Fsp3) is 0.294. The van der Waals surface area contributed by atoms with E-state index in [-0.39, 0.29) is 10.8 Å². The van der Waals surface area contributed by atoms with Crippen molar-refractivity contribution < 1.29 is 0 Å². The Bertz CT molecular complexity index is 599. The Hall–Kier alpha value is -0.0600. The predicted molar refractivity (Wildman–Crippen MR) is 99.7 cm³/mol. The molecule has 0 spiro atoms. The first-order valence-corrected chi connectivity index (χ1v) is 8.79. The summed E-state index contributed by atoms with van der Waals surface area (Å²) in [6, 6.07) is 14.9. The van der Waals surface area contributed by atoms with Crippen molar-refractivity contribution in [2.24, 2.45) is 0 Å². The molecule has 2 aromatic rings. The van der Waals surface area contributed by atoms with Crippen LogP contribution in [0.2, 0.25) is 0 Å². The van der Waals surface area contributed by atoms with Gasteiger partial charge in [-0.25, -0.2) is 0 Å². The van der Waals surface area contributed by atoms with Gasteiger partial charge in [0.15, 0.2) is 0 Å². The van der Waals surface area contributed by atoms with Gasteiger partial charge in [-0.05, 0) is 62.9 Å². The molecule has 0 aliphatic rings. The molecule has 0 saturated heterocycles. The molecule has 0 amide bonds. The van der Waals surface area contributed by atoms with Crippen LogP contribution in [0.25, 0.3) is 0 Å². The van der Waals surface area contributed by atoms with Crippen LogP contribution < -0.4 is 0 Å². The molecule has 0 aromatic heterocycles. The summed E-state index contributed by atoms with van der Waals surface area (Å²) in [6.07, 6.45) is 0. The maximum Gasteiger partial charge on any atom is 0.0846 e. The van der Waals surface area contributed by atoms with Gasteiger partial charge < -0.3 is 0 Å². The first-order valence-electron chi connectivity index (χ1n) is 6.48. The number of benzene rings is 2. The molecule has 0 bridgehead atoms. The van der Waals surface area contributed by atoms with Gasteiger partial charge in [0.2, 0.25) is 0 Å². The average molecular weight is 464 g/mol. The van der Waals surface area contributed by atoms with Gasteiger partial charge in [-0.3, -0.25) is 0 Å². The minimum atomic E-state index is -0.131. The molecule has 0 saturated carbocycles. The molecule has 0 heterocycles. The Morgan fingerprint density at radius 1 is 1.05 bits per heavy atom. The fourth-order valence-electron chi connectivity index (χ4n) is 2.04. The van der Waals surface area contributed by atoms with E-state index in [1.165, 1.54) is 9.13 Å².